The molecule has 25 heavy (non-hydrogen) atoms. The van der Waals surface area contributed by atoms with Crippen molar-refractivity contribution in [1.29, 1.82) is 0 Å². The molecule has 142 valence electrons. The molecule has 0 radical (unpaired) electrons. The summed E-state index contributed by atoms with van der Waals surface area (Å²) in [6.45, 7) is 8.43. The van der Waals surface area contributed by atoms with Crippen molar-refractivity contribution in [3.8, 4) is 5.88 Å². The number of rotatable bonds is 13. The van der Waals surface area contributed by atoms with Gasteiger partial charge in [0.15, 0.2) is 12.7 Å². The van der Waals surface area contributed by atoms with Gasteiger partial charge in [0, 0.05) is 18.1 Å². The molecule has 0 aliphatic heterocycles. The van der Waals surface area contributed by atoms with E-state index < -0.39 is 0 Å². The Labute approximate surface area is 164 Å². The van der Waals surface area contributed by atoms with Crippen LogP contribution < -0.4 is 26.3 Å². The topological polar surface area (TPSA) is 30.2 Å². The van der Waals surface area contributed by atoms with Crippen molar-refractivity contribution in [2.24, 2.45) is 0 Å². The molecule has 1 rings (SSSR count). The second kappa shape index (κ2) is 15.1. The van der Waals surface area contributed by atoms with E-state index in [4.69, 9.17) is 4.74 Å². The van der Waals surface area contributed by atoms with E-state index in [9.17, 15) is 4.79 Å². The van der Waals surface area contributed by atoms with Gasteiger partial charge in [-0.05, 0) is 19.4 Å². The smallest absolute Gasteiger partial charge is 0.375 e. The molecule has 0 aromatic carbocycles. The van der Waals surface area contributed by atoms with Crippen molar-refractivity contribution in [2.75, 3.05) is 0 Å². The van der Waals surface area contributed by atoms with Gasteiger partial charge in [-0.3, -0.25) is 0 Å². The molecule has 1 aromatic heterocycles. The Balaban J connectivity index is 0.00000576. The van der Waals surface area contributed by atoms with Gasteiger partial charge in [-0.1, -0.05) is 64.9 Å². The van der Waals surface area contributed by atoms with Gasteiger partial charge < -0.3 is 21.7 Å². The molecule has 0 bridgehead atoms. The first kappa shape index (κ1) is 23.8. The molecule has 0 unspecified atom stereocenters. The molecule has 0 amide bonds. The maximum Gasteiger partial charge on any atom is 0.375 e. The third-order valence-electron chi connectivity index (χ3n) is 4.20. The van der Waals surface area contributed by atoms with Crippen LogP contribution in [0.1, 0.15) is 78.1 Å². The first-order valence-electron chi connectivity index (χ1n) is 9.51. The number of ether oxygens (including phenoxy) is 1. The monoisotopic (exact) mass is 411 g/mol. The third-order valence-corrected chi connectivity index (χ3v) is 4.20. The van der Waals surface area contributed by atoms with Gasteiger partial charge in [0.1, 0.15) is 0 Å². The van der Waals surface area contributed by atoms with E-state index in [1.807, 2.05) is 29.0 Å². The second-order valence-corrected chi connectivity index (χ2v) is 6.58. The fraction of sp³-hybridized carbons (Fsp3) is 0.619. The lowest BCUT2D eigenvalue weighted by Gasteiger charge is -2.05. The van der Waals surface area contributed by atoms with Gasteiger partial charge in [0.25, 0.3) is 0 Å². The summed E-state index contributed by atoms with van der Waals surface area (Å²) in [5.41, 5.74) is 0.421. The number of carbonyl (C=O) groups excluding carboxylic acids is 1. The lowest BCUT2D eigenvalue weighted by molar-refractivity contribution is -0.700. The van der Waals surface area contributed by atoms with Gasteiger partial charge in [0.05, 0.1) is 6.07 Å². The van der Waals surface area contributed by atoms with Crippen LogP contribution in [-0.4, -0.2) is 5.97 Å². The molecular weight excluding hydrogens is 378 g/mol. The summed E-state index contributed by atoms with van der Waals surface area (Å²) < 4.78 is 7.38. The molecule has 0 aliphatic rings. The van der Waals surface area contributed by atoms with Gasteiger partial charge in [0.2, 0.25) is 0 Å². The highest BCUT2D eigenvalue weighted by Crippen LogP contribution is 2.11. The number of hydrogen-bond donors (Lipinski definition) is 0. The zero-order valence-electron chi connectivity index (χ0n) is 15.9. The Morgan fingerprint density at radius 1 is 1.00 bits per heavy atom. The second-order valence-electron chi connectivity index (χ2n) is 6.58. The number of esters is 1. The molecule has 0 saturated carbocycles. The fourth-order valence-electron chi connectivity index (χ4n) is 2.69. The van der Waals surface area contributed by atoms with Crippen LogP contribution in [0, 0.1) is 0 Å². The van der Waals surface area contributed by atoms with E-state index in [2.05, 4.69) is 13.5 Å². The van der Waals surface area contributed by atoms with Gasteiger partial charge in [-0.25, -0.2) is 4.79 Å². The van der Waals surface area contributed by atoms with Crippen molar-refractivity contribution in [3.05, 3.63) is 36.5 Å². The number of aromatic nitrogens is 1. The first-order chi connectivity index (χ1) is 11.6. The van der Waals surface area contributed by atoms with E-state index >= 15 is 0 Å². The predicted octanol–water partition coefficient (Wildman–Crippen LogP) is 2.38. The maximum absolute atomic E-state index is 11.7. The standard InChI is InChI=1S/C21H34NO2.BrH/c1-4-5-6-7-8-9-10-11-12-14-17-22-18-15-13-16-20(22)24-21(23)19(2)3;/h13,15-16,18H,2,4-12,14,17H2,1,3H3;1H/q+1;/p-1. The predicted molar refractivity (Wildman–Crippen MR) is 98.9 cm³/mol. The lowest BCUT2D eigenvalue weighted by Crippen LogP contribution is -3.00. The molecule has 1 aromatic rings. The molecule has 3 nitrogen and oxygen atoms in total. The quantitative estimate of drug-likeness (QED) is 0.216. The Hall–Kier alpha value is -1.16. The molecule has 0 spiro atoms. The summed E-state index contributed by atoms with van der Waals surface area (Å²) >= 11 is 0. The molecule has 0 atom stereocenters. The number of unbranched alkanes of at least 4 members (excludes halogenated alkanes) is 9. The highest BCUT2D eigenvalue weighted by atomic mass is 79.9. The van der Waals surface area contributed by atoms with Crippen LogP contribution in [0.25, 0.3) is 0 Å². The van der Waals surface area contributed by atoms with Crippen LogP contribution in [0.4, 0.5) is 0 Å². The molecule has 0 fully saturated rings. The number of halogens is 1. The Morgan fingerprint density at radius 2 is 1.56 bits per heavy atom. The zero-order chi connectivity index (χ0) is 17.6. The van der Waals surface area contributed by atoms with Gasteiger partial charge >= 0.3 is 11.8 Å². The summed E-state index contributed by atoms with van der Waals surface area (Å²) in [5.74, 6) is 0.236. The van der Waals surface area contributed by atoms with Gasteiger partial charge in [-0.2, -0.15) is 4.57 Å². The van der Waals surface area contributed by atoms with Crippen LogP contribution in [0.15, 0.2) is 36.5 Å². The average molecular weight is 412 g/mol. The summed E-state index contributed by atoms with van der Waals surface area (Å²) in [5, 5.41) is 0. The van der Waals surface area contributed by atoms with Crippen molar-refractivity contribution in [3.63, 3.8) is 0 Å². The van der Waals surface area contributed by atoms with Crippen LogP contribution >= 0.6 is 0 Å². The largest absolute Gasteiger partial charge is 1.00 e. The molecule has 0 aliphatic carbocycles. The third kappa shape index (κ3) is 11.1. The van der Waals surface area contributed by atoms with Crippen LogP contribution in [0.5, 0.6) is 5.88 Å². The molecule has 0 saturated heterocycles. The number of nitrogens with zero attached hydrogens (tertiary/aromatic N) is 1. The summed E-state index contributed by atoms with van der Waals surface area (Å²) in [4.78, 5) is 11.7. The normalized spacial score (nSPS) is 10.2. The number of hydrogen-bond acceptors (Lipinski definition) is 2. The zero-order valence-corrected chi connectivity index (χ0v) is 17.5. The van der Waals surface area contributed by atoms with Crippen molar-refractivity contribution in [1.82, 2.24) is 0 Å². The minimum Gasteiger partial charge on any atom is -1.00 e. The van der Waals surface area contributed by atoms with Crippen molar-refractivity contribution in [2.45, 2.75) is 84.6 Å². The number of aryl methyl sites for hydroxylation is 1. The average Bonchev–Trinajstić information content (AvgIpc) is 2.57. The summed E-state index contributed by atoms with van der Waals surface area (Å²) in [7, 11) is 0. The minimum atomic E-state index is -0.363. The lowest BCUT2D eigenvalue weighted by atomic mass is 10.1. The number of carbonyl (C=O) groups is 1. The van der Waals surface area contributed by atoms with Crippen LogP contribution in [0.3, 0.4) is 0 Å². The van der Waals surface area contributed by atoms with Crippen LogP contribution in [0.2, 0.25) is 0 Å². The fourth-order valence-corrected chi connectivity index (χ4v) is 2.69. The Kier molecular flexibility index (Phi) is 14.4. The maximum atomic E-state index is 11.7. The Morgan fingerprint density at radius 3 is 2.12 bits per heavy atom. The molecule has 0 N–H and O–H groups in total. The van der Waals surface area contributed by atoms with E-state index in [1.165, 1.54) is 57.8 Å². The van der Waals surface area contributed by atoms with Crippen LogP contribution in [-0.2, 0) is 11.3 Å². The van der Waals surface area contributed by atoms with Gasteiger partial charge in [-0.15, -0.1) is 0 Å². The van der Waals surface area contributed by atoms with E-state index in [0.29, 0.717) is 11.5 Å². The van der Waals surface area contributed by atoms with Crippen molar-refractivity contribution >= 4 is 5.97 Å². The highest BCUT2D eigenvalue weighted by Gasteiger charge is 2.15. The Bertz CT molecular complexity index is 502. The minimum absolute atomic E-state index is 0. The van der Waals surface area contributed by atoms with Crippen molar-refractivity contribution < 1.29 is 31.1 Å². The highest BCUT2D eigenvalue weighted by molar-refractivity contribution is 5.88. The number of pyridine rings is 1. The summed E-state index contributed by atoms with van der Waals surface area (Å²) in [6.07, 6.45) is 15.2. The summed E-state index contributed by atoms with van der Waals surface area (Å²) in [6, 6.07) is 5.68. The molecule has 1 heterocycles. The molecular formula is C21H34BrNO2. The van der Waals surface area contributed by atoms with E-state index in [0.717, 1.165) is 13.0 Å². The molecule has 4 heteroatoms. The van der Waals surface area contributed by atoms with E-state index in [-0.39, 0.29) is 23.0 Å². The SMILES string of the molecule is C=C(C)C(=O)Oc1cccc[n+]1CCCCCCCCCCCC.[Br-]. The van der Waals surface area contributed by atoms with E-state index in [1.54, 1.807) is 6.92 Å². The first-order valence-corrected chi connectivity index (χ1v) is 9.51.